The summed E-state index contributed by atoms with van der Waals surface area (Å²) < 4.78 is 48.7. The van der Waals surface area contributed by atoms with E-state index >= 15 is 0 Å². The zero-order valence-corrected chi connectivity index (χ0v) is 14.3. The molecule has 2 rings (SSSR count). The topological polar surface area (TPSA) is 89.1 Å². The number of anilines is 1. The van der Waals surface area contributed by atoms with Gasteiger partial charge in [-0.15, -0.1) is 5.10 Å². The van der Waals surface area contributed by atoms with Crippen LogP contribution in [0.25, 0.3) is 0 Å². The first kappa shape index (κ1) is 19.5. The SMILES string of the molecule is CCCOc1ccc(C(=O)Nc2n[nH]c(C(F)(F)F)n2)cc1OCCC. The predicted molar refractivity (Wildman–Crippen MR) is 87.4 cm³/mol. The number of aromatic amines is 1. The van der Waals surface area contributed by atoms with E-state index in [2.05, 4.69) is 15.4 Å². The normalized spacial score (nSPS) is 11.3. The summed E-state index contributed by atoms with van der Waals surface area (Å²) in [4.78, 5) is 15.4. The molecule has 0 unspecified atom stereocenters. The lowest BCUT2D eigenvalue weighted by molar-refractivity contribution is -0.144. The van der Waals surface area contributed by atoms with Gasteiger partial charge in [0.25, 0.3) is 5.91 Å². The lowest BCUT2D eigenvalue weighted by Gasteiger charge is -2.13. The average Bonchev–Trinajstić information content (AvgIpc) is 3.07. The van der Waals surface area contributed by atoms with E-state index in [4.69, 9.17) is 9.47 Å². The van der Waals surface area contributed by atoms with Gasteiger partial charge in [0, 0.05) is 5.56 Å². The minimum atomic E-state index is -4.67. The van der Waals surface area contributed by atoms with Gasteiger partial charge in [0.15, 0.2) is 11.5 Å². The Morgan fingerprint density at radius 3 is 2.38 bits per heavy atom. The molecule has 0 aliphatic heterocycles. The second kappa shape index (κ2) is 8.54. The van der Waals surface area contributed by atoms with E-state index in [0.29, 0.717) is 24.7 Å². The first-order chi connectivity index (χ1) is 12.3. The molecule has 1 amide bonds. The van der Waals surface area contributed by atoms with Crippen molar-refractivity contribution in [3.63, 3.8) is 0 Å². The van der Waals surface area contributed by atoms with Crippen LogP contribution in [0.5, 0.6) is 11.5 Å². The Morgan fingerprint density at radius 1 is 1.15 bits per heavy atom. The number of aromatic nitrogens is 3. The minimum Gasteiger partial charge on any atom is -0.490 e. The maximum absolute atomic E-state index is 12.5. The molecule has 0 atom stereocenters. The highest BCUT2D eigenvalue weighted by Crippen LogP contribution is 2.29. The van der Waals surface area contributed by atoms with Crippen molar-refractivity contribution in [1.29, 1.82) is 0 Å². The highest BCUT2D eigenvalue weighted by atomic mass is 19.4. The fourth-order valence-corrected chi connectivity index (χ4v) is 1.92. The number of ether oxygens (including phenoxy) is 2. The number of alkyl halides is 3. The van der Waals surface area contributed by atoms with Crippen LogP contribution < -0.4 is 14.8 Å². The summed E-state index contributed by atoms with van der Waals surface area (Å²) in [6.45, 7) is 4.82. The summed E-state index contributed by atoms with van der Waals surface area (Å²) in [5, 5.41) is 7.27. The monoisotopic (exact) mass is 372 g/mol. The summed E-state index contributed by atoms with van der Waals surface area (Å²) in [5.41, 5.74) is 0.179. The number of amides is 1. The predicted octanol–water partition coefficient (Wildman–Crippen LogP) is 3.65. The van der Waals surface area contributed by atoms with Crippen LogP contribution >= 0.6 is 0 Å². The van der Waals surface area contributed by atoms with Crippen molar-refractivity contribution >= 4 is 11.9 Å². The number of benzene rings is 1. The second-order valence-corrected chi connectivity index (χ2v) is 5.32. The fourth-order valence-electron chi connectivity index (χ4n) is 1.92. The number of hydrogen-bond donors (Lipinski definition) is 2. The van der Waals surface area contributed by atoms with E-state index in [1.54, 1.807) is 11.2 Å². The van der Waals surface area contributed by atoms with Gasteiger partial charge in [-0.25, -0.2) is 0 Å². The Bertz CT molecular complexity index is 747. The summed E-state index contributed by atoms with van der Waals surface area (Å²) in [6.07, 6.45) is -3.10. The number of carbonyl (C=O) groups excluding carboxylic acids is 1. The van der Waals surface area contributed by atoms with Gasteiger partial charge < -0.3 is 9.47 Å². The molecule has 1 aromatic heterocycles. The van der Waals surface area contributed by atoms with Gasteiger partial charge in [-0.2, -0.15) is 18.2 Å². The van der Waals surface area contributed by atoms with Gasteiger partial charge in [-0.05, 0) is 31.0 Å². The van der Waals surface area contributed by atoms with E-state index in [9.17, 15) is 18.0 Å². The fraction of sp³-hybridized carbons (Fsp3) is 0.438. The molecule has 1 heterocycles. The maximum atomic E-state index is 12.5. The van der Waals surface area contributed by atoms with Crippen LogP contribution in [0.3, 0.4) is 0 Å². The quantitative estimate of drug-likeness (QED) is 0.738. The number of nitrogens with zero attached hydrogens (tertiary/aromatic N) is 2. The van der Waals surface area contributed by atoms with Crippen LogP contribution in [0.1, 0.15) is 42.9 Å². The molecule has 0 saturated heterocycles. The Hall–Kier alpha value is -2.78. The van der Waals surface area contributed by atoms with Crippen molar-refractivity contribution in [1.82, 2.24) is 15.2 Å². The number of nitrogens with one attached hydrogen (secondary N) is 2. The first-order valence-corrected chi connectivity index (χ1v) is 8.05. The number of rotatable bonds is 8. The van der Waals surface area contributed by atoms with Crippen LogP contribution in [0, 0.1) is 0 Å². The molecule has 2 aromatic rings. The summed E-state index contributed by atoms with van der Waals surface area (Å²) in [6, 6.07) is 4.53. The van der Waals surface area contributed by atoms with Crippen LogP contribution in [0.15, 0.2) is 18.2 Å². The van der Waals surface area contributed by atoms with Crippen LogP contribution in [0.4, 0.5) is 19.1 Å². The first-order valence-electron chi connectivity index (χ1n) is 8.05. The maximum Gasteiger partial charge on any atom is 0.451 e. The highest BCUT2D eigenvalue weighted by molar-refractivity contribution is 6.03. The minimum absolute atomic E-state index is 0.179. The zero-order valence-electron chi connectivity index (χ0n) is 14.3. The van der Waals surface area contributed by atoms with E-state index in [-0.39, 0.29) is 5.56 Å². The van der Waals surface area contributed by atoms with E-state index in [1.807, 2.05) is 13.8 Å². The summed E-state index contributed by atoms with van der Waals surface area (Å²) in [7, 11) is 0. The Labute approximate surface area is 147 Å². The van der Waals surface area contributed by atoms with Gasteiger partial charge in [-0.3, -0.25) is 15.2 Å². The highest BCUT2D eigenvalue weighted by Gasteiger charge is 2.35. The third-order valence-corrected chi connectivity index (χ3v) is 3.11. The average molecular weight is 372 g/mol. The summed E-state index contributed by atoms with van der Waals surface area (Å²) >= 11 is 0. The largest absolute Gasteiger partial charge is 0.490 e. The number of H-pyrrole nitrogens is 1. The molecule has 0 saturated carbocycles. The van der Waals surface area contributed by atoms with Crippen molar-refractivity contribution < 1.29 is 27.4 Å². The molecule has 26 heavy (non-hydrogen) atoms. The molecule has 0 radical (unpaired) electrons. The zero-order chi connectivity index (χ0) is 19.2. The molecule has 0 aliphatic rings. The van der Waals surface area contributed by atoms with Gasteiger partial charge in [0.1, 0.15) is 0 Å². The third-order valence-electron chi connectivity index (χ3n) is 3.11. The lowest BCUT2D eigenvalue weighted by Crippen LogP contribution is -2.14. The van der Waals surface area contributed by atoms with Gasteiger partial charge in [-0.1, -0.05) is 13.8 Å². The summed E-state index contributed by atoms with van der Waals surface area (Å²) in [5.74, 6) is -1.54. The van der Waals surface area contributed by atoms with Crippen molar-refractivity contribution in [3.8, 4) is 11.5 Å². The molecule has 0 aliphatic carbocycles. The van der Waals surface area contributed by atoms with Crippen molar-refractivity contribution in [2.24, 2.45) is 0 Å². The van der Waals surface area contributed by atoms with Crippen molar-refractivity contribution in [2.75, 3.05) is 18.5 Å². The number of halogens is 3. The molecular weight excluding hydrogens is 353 g/mol. The van der Waals surface area contributed by atoms with Crippen LogP contribution in [0.2, 0.25) is 0 Å². The lowest BCUT2D eigenvalue weighted by atomic mass is 10.2. The third kappa shape index (κ3) is 5.11. The molecule has 7 nitrogen and oxygen atoms in total. The van der Waals surface area contributed by atoms with E-state index < -0.39 is 23.9 Å². The van der Waals surface area contributed by atoms with Crippen molar-refractivity contribution in [2.45, 2.75) is 32.9 Å². The molecule has 142 valence electrons. The molecule has 0 bridgehead atoms. The standard InChI is InChI=1S/C16H19F3N4O3/c1-3-7-25-11-6-5-10(9-12(11)26-8-4-2)13(24)20-15-21-14(22-23-15)16(17,18)19/h5-6,9H,3-4,7-8H2,1-2H3,(H2,20,21,22,23,24). The second-order valence-electron chi connectivity index (χ2n) is 5.32. The molecular formula is C16H19F3N4O3. The molecule has 10 heteroatoms. The van der Waals surface area contributed by atoms with E-state index in [1.165, 1.54) is 12.1 Å². The molecule has 0 fully saturated rings. The number of carbonyl (C=O) groups is 1. The smallest absolute Gasteiger partial charge is 0.451 e. The molecule has 1 aromatic carbocycles. The number of hydrogen-bond acceptors (Lipinski definition) is 5. The van der Waals surface area contributed by atoms with Crippen LogP contribution in [-0.2, 0) is 6.18 Å². The van der Waals surface area contributed by atoms with Crippen LogP contribution in [-0.4, -0.2) is 34.3 Å². The van der Waals surface area contributed by atoms with Gasteiger partial charge in [0.2, 0.25) is 11.8 Å². The van der Waals surface area contributed by atoms with Gasteiger partial charge >= 0.3 is 6.18 Å². The van der Waals surface area contributed by atoms with E-state index in [0.717, 1.165) is 12.8 Å². The molecule has 0 spiro atoms. The Balaban J connectivity index is 2.15. The Morgan fingerprint density at radius 2 is 1.81 bits per heavy atom. The molecule has 2 N–H and O–H groups in total. The van der Waals surface area contributed by atoms with Crippen molar-refractivity contribution in [3.05, 3.63) is 29.6 Å². The van der Waals surface area contributed by atoms with Gasteiger partial charge in [0.05, 0.1) is 13.2 Å². The Kier molecular flexibility index (Phi) is 6.42.